The Balaban J connectivity index is -0.0000000392. The zero-order valence-electron chi connectivity index (χ0n) is 32.4. The monoisotopic (exact) mass is 809 g/mol. The third kappa shape index (κ3) is 225. The van der Waals surface area contributed by atoms with Gasteiger partial charge in [-0.25, -0.2) is 52.7 Å². The lowest BCUT2D eigenvalue weighted by molar-refractivity contribution is -0.0562. The van der Waals surface area contributed by atoms with Crippen molar-refractivity contribution in [2.24, 2.45) is 0 Å². The van der Waals surface area contributed by atoms with Gasteiger partial charge in [0.1, 0.15) is 39.5 Å². The molecule has 0 aliphatic rings. The Morgan fingerprint density at radius 2 is 0.569 bits per heavy atom. The number of rotatable bonds is 12. The van der Waals surface area contributed by atoms with Crippen LogP contribution in [0.5, 0.6) is 0 Å². The summed E-state index contributed by atoms with van der Waals surface area (Å²) in [5.41, 5.74) is 0. The van der Waals surface area contributed by atoms with Crippen LogP contribution in [0.4, 0.5) is 79.0 Å². The van der Waals surface area contributed by atoms with Gasteiger partial charge in [0.2, 0.25) is 12.3 Å². The number of halogens is 18. The first-order chi connectivity index (χ1) is 23.7. The first kappa shape index (κ1) is 78.7. The Hall–Kier alpha value is -1.26. The van der Waals surface area contributed by atoms with Crippen molar-refractivity contribution in [3.05, 3.63) is 0 Å². The molecule has 0 aromatic heterocycles. The van der Waals surface area contributed by atoms with Crippen molar-refractivity contribution in [1.82, 2.24) is 0 Å². The van der Waals surface area contributed by atoms with Gasteiger partial charge in [-0.2, -0.15) is 0 Å². The second-order valence-corrected chi connectivity index (χ2v) is 8.15. The van der Waals surface area contributed by atoms with E-state index in [1.54, 1.807) is 27.7 Å². The van der Waals surface area contributed by atoms with E-state index < -0.39 is 70.7 Å². The van der Waals surface area contributed by atoms with E-state index in [1.165, 1.54) is 41.5 Å². The van der Waals surface area contributed by atoms with Gasteiger partial charge < -0.3 is 0 Å². The maximum absolute atomic E-state index is 11.9. The molecule has 0 spiro atoms. The van der Waals surface area contributed by atoms with Crippen molar-refractivity contribution in [1.29, 1.82) is 0 Å². The van der Waals surface area contributed by atoms with Crippen molar-refractivity contribution in [3.8, 4) is 0 Å². The van der Waals surface area contributed by atoms with Crippen LogP contribution in [0.15, 0.2) is 0 Å². The van der Waals surface area contributed by atoms with Crippen molar-refractivity contribution in [2.75, 3.05) is 73.4 Å². The Morgan fingerprint density at radius 1 is 0.373 bits per heavy atom. The largest absolute Gasteiger partial charge is 0.253 e. The molecular formula is C33H70F18. The summed E-state index contributed by atoms with van der Waals surface area (Å²) in [4.78, 5) is 0. The summed E-state index contributed by atoms with van der Waals surface area (Å²) in [5, 5.41) is 0. The van der Waals surface area contributed by atoms with E-state index in [1.807, 2.05) is 0 Å². The second-order valence-electron chi connectivity index (χ2n) is 8.15. The van der Waals surface area contributed by atoms with E-state index in [0.29, 0.717) is 19.3 Å². The SMILES string of the molecule is CCC(F)(F)CC.CCC(F)(F)CC(F)F.CCC(F)CF.CCCF.CCCF.CCCF.CCF.CCF.CCF.FCCF.FCCF. The molecule has 0 radical (unpaired) electrons. The summed E-state index contributed by atoms with van der Waals surface area (Å²) in [7, 11) is 0. The third-order valence-electron chi connectivity index (χ3n) is 3.32. The molecule has 1 unspecified atom stereocenters. The van der Waals surface area contributed by atoms with Crippen LogP contribution in [0.3, 0.4) is 0 Å². The van der Waals surface area contributed by atoms with Gasteiger partial charge in [-0.05, 0) is 46.5 Å². The molecule has 0 aliphatic carbocycles. The van der Waals surface area contributed by atoms with Crippen molar-refractivity contribution < 1.29 is 79.0 Å². The van der Waals surface area contributed by atoms with Gasteiger partial charge in [-0.1, -0.05) is 48.5 Å². The van der Waals surface area contributed by atoms with Crippen LogP contribution in [-0.4, -0.2) is 97.9 Å². The van der Waals surface area contributed by atoms with E-state index in [2.05, 4.69) is 0 Å². The predicted octanol–water partition coefficient (Wildman–Crippen LogP) is 15.7. The zero-order valence-corrected chi connectivity index (χ0v) is 32.4. The van der Waals surface area contributed by atoms with Crippen molar-refractivity contribution >= 4 is 0 Å². The van der Waals surface area contributed by atoms with Gasteiger partial charge >= 0.3 is 0 Å². The summed E-state index contributed by atoms with van der Waals surface area (Å²) in [6.07, 6.45) is -3.80. The third-order valence-corrected chi connectivity index (χ3v) is 3.32. The lowest BCUT2D eigenvalue weighted by Crippen LogP contribution is -2.18. The average molecular weight is 809 g/mol. The summed E-state index contributed by atoms with van der Waals surface area (Å²) in [5.74, 6) is -5.60. The van der Waals surface area contributed by atoms with Crippen LogP contribution in [0.1, 0.15) is 121 Å². The topological polar surface area (TPSA) is 0 Å². The number of alkyl halides is 18. The molecule has 0 amide bonds. The number of hydrogen-bond acceptors (Lipinski definition) is 0. The highest BCUT2D eigenvalue weighted by Crippen LogP contribution is 2.25. The van der Waals surface area contributed by atoms with E-state index >= 15 is 0 Å². The van der Waals surface area contributed by atoms with E-state index in [-0.39, 0.29) is 59.3 Å². The minimum atomic E-state index is -3.19. The molecule has 0 rings (SSSR count). The quantitative estimate of drug-likeness (QED) is 0.172. The molecule has 0 fully saturated rings. The van der Waals surface area contributed by atoms with Crippen LogP contribution < -0.4 is 0 Å². The molecule has 328 valence electrons. The highest BCUT2D eigenvalue weighted by Gasteiger charge is 2.30. The number of hydrogen-bond donors (Lipinski definition) is 0. The summed E-state index contributed by atoms with van der Waals surface area (Å²) < 4.78 is 197. The molecule has 0 aromatic carbocycles. The fourth-order valence-corrected chi connectivity index (χ4v) is 0.729. The fraction of sp³-hybridized carbons (Fsp3) is 1.00. The van der Waals surface area contributed by atoms with Crippen molar-refractivity contribution in [2.45, 2.75) is 145 Å². The smallest absolute Gasteiger partial charge is 0.251 e. The lowest BCUT2D eigenvalue weighted by Gasteiger charge is -2.11. The van der Waals surface area contributed by atoms with Crippen molar-refractivity contribution in [3.63, 3.8) is 0 Å². The Kier molecular flexibility index (Phi) is 134. The van der Waals surface area contributed by atoms with Gasteiger partial charge in [0.25, 0.3) is 5.92 Å². The minimum absolute atomic E-state index is 0.0382. The lowest BCUT2D eigenvalue weighted by atomic mass is 10.2. The standard InChI is InChI=1S/C5H8F4.C5H10F2.C4H8F2.3C3H7F.2C2H4F2.3C2H5F/c1-2-5(8,9)3-4(6)7;1-3-5(6,7)4-2;1-2-4(6)3-5;3*1-2-3-4;2*3-1-2-4;3*1-2-3/h4H,2-3H2,1H3;3-4H2,1-2H3;4H,2-3H2,1H3;3*2-3H2,1H3;2*1-2H2;3*2H2,1H3. The molecule has 18 heteroatoms. The van der Waals surface area contributed by atoms with Gasteiger partial charge in [0.15, 0.2) is 0 Å². The molecule has 0 bridgehead atoms. The molecule has 0 aromatic rings. The van der Waals surface area contributed by atoms with Gasteiger partial charge in [0.05, 0.1) is 46.5 Å². The fourth-order valence-electron chi connectivity index (χ4n) is 0.729. The molecule has 51 heavy (non-hydrogen) atoms. The van der Waals surface area contributed by atoms with Gasteiger partial charge in [0, 0.05) is 19.3 Å². The summed E-state index contributed by atoms with van der Waals surface area (Å²) in [6, 6.07) is 0. The Labute approximate surface area is 297 Å². The molecule has 0 saturated heterocycles. The van der Waals surface area contributed by atoms with E-state index in [0.717, 1.165) is 0 Å². The Morgan fingerprint density at radius 3 is 0.588 bits per heavy atom. The highest BCUT2D eigenvalue weighted by atomic mass is 19.3. The van der Waals surface area contributed by atoms with Crippen LogP contribution in [0.2, 0.25) is 0 Å². The maximum atomic E-state index is 11.9. The zero-order chi connectivity index (χ0) is 43.6. The first-order valence-corrected chi connectivity index (χ1v) is 16.6. The second kappa shape index (κ2) is 87.0. The van der Waals surface area contributed by atoms with Crippen LogP contribution in [0, 0.1) is 0 Å². The summed E-state index contributed by atoms with van der Waals surface area (Å²) >= 11 is 0. The van der Waals surface area contributed by atoms with E-state index in [4.69, 9.17) is 0 Å². The molecule has 0 aliphatic heterocycles. The van der Waals surface area contributed by atoms with Crippen LogP contribution in [-0.2, 0) is 0 Å². The minimum Gasteiger partial charge on any atom is -0.251 e. The average Bonchev–Trinajstić information content (AvgIpc) is 3.12. The van der Waals surface area contributed by atoms with Crippen LogP contribution >= 0.6 is 0 Å². The molecule has 0 nitrogen and oxygen atoms in total. The molecule has 0 heterocycles. The highest BCUT2D eigenvalue weighted by molar-refractivity contribution is 4.63. The predicted molar refractivity (Wildman–Crippen MR) is 180 cm³/mol. The maximum Gasteiger partial charge on any atom is 0.253 e. The molecule has 0 saturated carbocycles. The molecular weight excluding hydrogens is 738 g/mol. The Bertz CT molecular complexity index is 375. The summed E-state index contributed by atoms with van der Waals surface area (Å²) in [6.45, 7) is 10.1. The van der Waals surface area contributed by atoms with E-state index in [9.17, 15) is 79.0 Å². The van der Waals surface area contributed by atoms with Crippen LogP contribution in [0.25, 0.3) is 0 Å². The molecule has 0 N–H and O–H groups in total. The van der Waals surface area contributed by atoms with Gasteiger partial charge in [-0.15, -0.1) is 0 Å². The normalized spacial score (nSPS) is 9.59. The van der Waals surface area contributed by atoms with Gasteiger partial charge in [-0.3, -0.25) is 26.3 Å². The first-order valence-electron chi connectivity index (χ1n) is 16.6. The molecule has 1 atom stereocenters.